The van der Waals surface area contributed by atoms with Crippen LogP contribution in [-0.4, -0.2) is 17.6 Å². The van der Waals surface area contributed by atoms with Crippen molar-refractivity contribution in [2.45, 2.75) is 19.8 Å². The fraction of sp³-hybridized carbons (Fsp3) is 0.400. The van der Waals surface area contributed by atoms with Crippen LogP contribution >= 0.6 is 15.9 Å². The van der Waals surface area contributed by atoms with Gasteiger partial charge in [-0.1, -0.05) is 0 Å². The van der Waals surface area contributed by atoms with E-state index in [1.54, 1.807) is 6.92 Å². The van der Waals surface area contributed by atoms with E-state index in [9.17, 15) is 13.6 Å². The molecule has 16 heavy (non-hydrogen) atoms. The molecule has 0 bridgehead atoms. The maximum Gasteiger partial charge on any atom is 0.311 e. The molecule has 0 aliphatic heterocycles. The molecule has 88 valence electrons. The Bertz CT molecular complexity index is 385. The second-order valence-corrected chi connectivity index (χ2v) is 3.81. The molecule has 0 saturated heterocycles. The number of pyridine rings is 1. The van der Waals surface area contributed by atoms with Crippen molar-refractivity contribution in [3.8, 4) is 0 Å². The van der Waals surface area contributed by atoms with Crippen LogP contribution in [-0.2, 0) is 16.0 Å². The summed E-state index contributed by atoms with van der Waals surface area (Å²) < 4.78 is 29.9. The minimum atomic E-state index is -2.58. The van der Waals surface area contributed by atoms with Gasteiger partial charge in [0.2, 0.25) is 0 Å². The number of hydrogen-bond donors (Lipinski definition) is 0. The molecule has 0 unspecified atom stereocenters. The van der Waals surface area contributed by atoms with Crippen molar-refractivity contribution in [3.05, 3.63) is 28.0 Å². The van der Waals surface area contributed by atoms with Crippen molar-refractivity contribution in [3.63, 3.8) is 0 Å². The van der Waals surface area contributed by atoms with Gasteiger partial charge in [0.1, 0.15) is 4.60 Å². The lowest BCUT2D eigenvalue weighted by Crippen LogP contribution is -2.09. The van der Waals surface area contributed by atoms with Crippen molar-refractivity contribution in [2.75, 3.05) is 6.61 Å². The summed E-state index contributed by atoms with van der Waals surface area (Å²) in [5.41, 5.74) is 0.101. The summed E-state index contributed by atoms with van der Waals surface area (Å²) in [5, 5.41) is 0. The third kappa shape index (κ3) is 3.84. The van der Waals surface area contributed by atoms with Crippen LogP contribution in [0.5, 0.6) is 0 Å². The van der Waals surface area contributed by atoms with E-state index in [0.29, 0.717) is 0 Å². The SMILES string of the molecule is CCOC(=O)Cc1cc(C(F)F)cc(Br)n1. The lowest BCUT2D eigenvalue weighted by Gasteiger charge is -2.05. The van der Waals surface area contributed by atoms with Gasteiger partial charge in [0, 0.05) is 5.56 Å². The number of carbonyl (C=O) groups excluding carboxylic acids is 1. The van der Waals surface area contributed by atoms with Gasteiger partial charge in [-0.25, -0.2) is 13.8 Å². The van der Waals surface area contributed by atoms with Gasteiger partial charge < -0.3 is 4.74 Å². The highest BCUT2D eigenvalue weighted by Crippen LogP contribution is 2.22. The van der Waals surface area contributed by atoms with Gasteiger partial charge in [0.15, 0.2) is 0 Å². The zero-order valence-corrected chi connectivity index (χ0v) is 10.1. The molecule has 0 spiro atoms. The molecule has 1 heterocycles. The lowest BCUT2D eigenvalue weighted by molar-refractivity contribution is -0.142. The van der Waals surface area contributed by atoms with E-state index in [-0.39, 0.29) is 28.9 Å². The highest BCUT2D eigenvalue weighted by molar-refractivity contribution is 9.10. The average Bonchev–Trinajstić information content (AvgIpc) is 2.16. The minimum absolute atomic E-state index is 0.104. The predicted molar refractivity (Wildman–Crippen MR) is 57.2 cm³/mol. The number of alkyl halides is 2. The van der Waals surface area contributed by atoms with Crippen LogP contribution in [0.2, 0.25) is 0 Å². The Morgan fingerprint density at radius 3 is 2.81 bits per heavy atom. The molecule has 6 heteroatoms. The van der Waals surface area contributed by atoms with Crippen molar-refractivity contribution >= 4 is 21.9 Å². The molecule has 0 aliphatic carbocycles. The monoisotopic (exact) mass is 293 g/mol. The van der Waals surface area contributed by atoms with Gasteiger partial charge in [-0.2, -0.15) is 0 Å². The van der Waals surface area contributed by atoms with E-state index < -0.39 is 12.4 Å². The largest absolute Gasteiger partial charge is 0.466 e. The summed E-state index contributed by atoms with van der Waals surface area (Å²) in [4.78, 5) is 15.1. The Morgan fingerprint density at radius 1 is 1.56 bits per heavy atom. The van der Waals surface area contributed by atoms with Gasteiger partial charge in [0.05, 0.1) is 18.7 Å². The number of rotatable bonds is 4. The standard InChI is InChI=1S/C10H10BrF2NO2/c1-2-16-9(15)5-7-3-6(10(12)13)4-8(11)14-7/h3-4,10H,2,5H2,1H3. The van der Waals surface area contributed by atoms with Crippen LogP contribution in [0.1, 0.15) is 24.6 Å². The number of halogens is 3. The van der Waals surface area contributed by atoms with E-state index in [2.05, 4.69) is 20.9 Å². The van der Waals surface area contributed by atoms with Crippen LogP contribution in [0.15, 0.2) is 16.7 Å². The molecule has 1 rings (SSSR count). The van der Waals surface area contributed by atoms with E-state index >= 15 is 0 Å². The Hall–Kier alpha value is -1.04. The van der Waals surface area contributed by atoms with Crippen molar-refractivity contribution < 1.29 is 18.3 Å². The topological polar surface area (TPSA) is 39.2 Å². The van der Waals surface area contributed by atoms with Crippen molar-refractivity contribution in [2.24, 2.45) is 0 Å². The van der Waals surface area contributed by atoms with Crippen molar-refractivity contribution in [1.29, 1.82) is 0 Å². The Morgan fingerprint density at radius 2 is 2.25 bits per heavy atom. The van der Waals surface area contributed by atoms with Gasteiger partial charge in [-0.3, -0.25) is 4.79 Å². The van der Waals surface area contributed by atoms with E-state index in [1.807, 2.05) is 0 Å². The quantitative estimate of drug-likeness (QED) is 0.633. The number of esters is 1. The molecule has 0 N–H and O–H groups in total. The molecular formula is C10H10BrF2NO2. The van der Waals surface area contributed by atoms with Crippen LogP contribution in [0.3, 0.4) is 0 Å². The molecule has 0 atom stereocenters. The first kappa shape index (κ1) is 13.0. The molecule has 0 fully saturated rings. The third-order valence-corrected chi connectivity index (χ3v) is 2.16. The summed E-state index contributed by atoms with van der Waals surface area (Å²) in [6, 6.07) is 2.42. The normalized spacial score (nSPS) is 10.6. The molecule has 1 aromatic rings. The first-order valence-electron chi connectivity index (χ1n) is 4.63. The second-order valence-electron chi connectivity index (χ2n) is 3.00. The Balaban J connectivity index is 2.84. The number of aromatic nitrogens is 1. The summed E-state index contributed by atoms with van der Waals surface area (Å²) in [6.07, 6.45) is -2.69. The number of hydrogen-bond acceptors (Lipinski definition) is 3. The summed E-state index contributed by atoms with van der Waals surface area (Å²) in [5.74, 6) is -0.478. The smallest absolute Gasteiger partial charge is 0.311 e. The fourth-order valence-corrected chi connectivity index (χ4v) is 1.64. The maximum atomic E-state index is 12.4. The van der Waals surface area contributed by atoms with Gasteiger partial charge in [0.25, 0.3) is 6.43 Å². The highest BCUT2D eigenvalue weighted by Gasteiger charge is 2.12. The van der Waals surface area contributed by atoms with E-state index in [4.69, 9.17) is 4.74 Å². The molecule has 3 nitrogen and oxygen atoms in total. The summed E-state index contributed by atoms with van der Waals surface area (Å²) in [7, 11) is 0. The van der Waals surface area contributed by atoms with Crippen LogP contribution in [0.4, 0.5) is 8.78 Å². The maximum absolute atomic E-state index is 12.4. The Kier molecular flexibility index (Phi) is 4.79. The first-order chi connectivity index (χ1) is 7.52. The van der Waals surface area contributed by atoms with Gasteiger partial charge in [-0.15, -0.1) is 0 Å². The fourth-order valence-electron chi connectivity index (χ4n) is 1.15. The Labute approximate surface area is 99.9 Å². The average molecular weight is 294 g/mol. The number of carbonyl (C=O) groups is 1. The van der Waals surface area contributed by atoms with Crippen molar-refractivity contribution in [1.82, 2.24) is 4.98 Å². The number of nitrogens with zero attached hydrogens (tertiary/aromatic N) is 1. The predicted octanol–water partition coefficient (Wildman–Crippen LogP) is 2.89. The summed E-state index contributed by atoms with van der Waals surface area (Å²) >= 11 is 3.01. The molecule has 0 saturated carbocycles. The molecule has 0 radical (unpaired) electrons. The zero-order valence-electron chi connectivity index (χ0n) is 8.54. The molecule has 1 aromatic heterocycles. The second kappa shape index (κ2) is 5.89. The van der Waals surface area contributed by atoms with E-state index in [0.717, 1.165) is 0 Å². The molecule has 0 amide bonds. The summed E-state index contributed by atoms with van der Waals surface area (Å²) in [6.45, 7) is 1.94. The van der Waals surface area contributed by atoms with Crippen LogP contribution in [0.25, 0.3) is 0 Å². The molecule has 0 aliphatic rings. The third-order valence-electron chi connectivity index (χ3n) is 1.75. The highest BCUT2D eigenvalue weighted by atomic mass is 79.9. The zero-order chi connectivity index (χ0) is 12.1. The molecular weight excluding hydrogens is 284 g/mol. The molecule has 0 aromatic carbocycles. The van der Waals surface area contributed by atoms with E-state index in [1.165, 1.54) is 12.1 Å². The van der Waals surface area contributed by atoms with Gasteiger partial charge in [-0.05, 0) is 35.0 Å². The van der Waals surface area contributed by atoms with Crippen LogP contribution in [0, 0.1) is 0 Å². The van der Waals surface area contributed by atoms with Gasteiger partial charge >= 0.3 is 5.97 Å². The minimum Gasteiger partial charge on any atom is -0.466 e. The number of ether oxygens (including phenoxy) is 1. The van der Waals surface area contributed by atoms with Crippen LogP contribution < -0.4 is 0 Å². The first-order valence-corrected chi connectivity index (χ1v) is 5.42. The lowest BCUT2D eigenvalue weighted by atomic mass is 10.2.